The number of aromatic amines is 1. The number of rotatable bonds is 8. The van der Waals surface area contributed by atoms with E-state index in [1.54, 1.807) is 10.6 Å². The van der Waals surface area contributed by atoms with Gasteiger partial charge in [0, 0.05) is 19.6 Å². The van der Waals surface area contributed by atoms with Crippen LogP contribution in [-0.2, 0) is 26.2 Å². The van der Waals surface area contributed by atoms with Crippen LogP contribution in [0.25, 0.3) is 11.2 Å². The van der Waals surface area contributed by atoms with Gasteiger partial charge in [0.15, 0.2) is 11.2 Å². The zero-order valence-corrected chi connectivity index (χ0v) is 16.5. The van der Waals surface area contributed by atoms with E-state index in [0.29, 0.717) is 43.2 Å². The van der Waals surface area contributed by atoms with E-state index in [0.717, 1.165) is 18.4 Å². The molecule has 0 bridgehead atoms. The molecule has 28 heavy (non-hydrogen) atoms. The number of fused-ring (bicyclic) bond motifs is 1. The zero-order valence-electron chi connectivity index (χ0n) is 16.5. The van der Waals surface area contributed by atoms with Crippen molar-refractivity contribution in [1.29, 1.82) is 0 Å². The van der Waals surface area contributed by atoms with Crippen LogP contribution >= 0.6 is 0 Å². The van der Waals surface area contributed by atoms with Gasteiger partial charge in [-0.3, -0.25) is 19.2 Å². The van der Waals surface area contributed by atoms with E-state index >= 15 is 0 Å². The van der Waals surface area contributed by atoms with Gasteiger partial charge in [-0.2, -0.15) is 0 Å². The highest BCUT2D eigenvalue weighted by Crippen LogP contribution is 2.15. The number of nitrogens with one attached hydrogen (secondary N) is 1. The molecule has 1 aromatic carbocycles. The van der Waals surface area contributed by atoms with Crippen LogP contribution < -0.4 is 11.2 Å². The van der Waals surface area contributed by atoms with Crippen molar-refractivity contribution in [2.45, 2.75) is 52.9 Å². The monoisotopic (exact) mass is 387 g/mol. The Morgan fingerprint density at radius 2 is 1.96 bits per heavy atom. The Labute approximate surface area is 162 Å². The number of H-pyrrole nitrogens is 1. The lowest BCUT2D eigenvalue weighted by molar-refractivity contribution is 0.305. The molecule has 150 valence electrons. The van der Waals surface area contributed by atoms with E-state index in [2.05, 4.69) is 9.97 Å². The molecule has 0 spiro atoms. The molecule has 0 aliphatic heterocycles. The number of benzene rings is 1. The fourth-order valence-corrected chi connectivity index (χ4v) is 3.45. The molecular weight excluding hydrogens is 361 g/mol. The van der Waals surface area contributed by atoms with E-state index in [4.69, 9.17) is 0 Å². The first-order valence-corrected chi connectivity index (χ1v) is 9.59. The molecule has 3 aromatic rings. The highest BCUT2D eigenvalue weighted by atomic mass is 19.1. The third-order valence-electron chi connectivity index (χ3n) is 4.77. The second-order valence-corrected chi connectivity index (χ2v) is 7.01. The smallest absolute Gasteiger partial charge is 0.321 e. The molecule has 0 fully saturated rings. The minimum absolute atomic E-state index is 0.266. The summed E-state index contributed by atoms with van der Waals surface area (Å²) in [5.74, 6) is 0.441. The highest BCUT2D eigenvalue weighted by Gasteiger charge is 2.18. The summed E-state index contributed by atoms with van der Waals surface area (Å²) in [6.45, 7) is 6.09. The molecule has 0 radical (unpaired) electrons. The van der Waals surface area contributed by atoms with E-state index in [-0.39, 0.29) is 5.82 Å². The highest BCUT2D eigenvalue weighted by molar-refractivity contribution is 5.71. The Bertz CT molecular complexity index is 1080. The second kappa shape index (κ2) is 8.52. The number of halogens is 1. The van der Waals surface area contributed by atoms with Crippen molar-refractivity contribution < 1.29 is 4.39 Å². The van der Waals surface area contributed by atoms with Crippen molar-refractivity contribution >= 4 is 11.2 Å². The molecule has 2 aromatic heterocycles. The van der Waals surface area contributed by atoms with Crippen molar-refractivity contribution in [2.24, 2.45) is 0 Å². The molecule has 0 saturated heterocycles. The topological polar surface area (TPSA) is 75.9 Å². The van der Waals surface area contributed by atoms with E-state index in [1.165, 1.54) is 12.1 Å². The average Bonchev–Trinajstić information content (AvgIpc) is 2.99. The van der Waals surface area contributed by atoms with Gasteiger partial charge in [-0.15, -0.1) is 0 Å². The van der Waals surface area contributed by atoms with Gasteiger partial charge < -0.3 is 4.57 Å². The van der Waals surface area contributed by atoms with Crippen LogP contribution in [0.3, 0.4) is 0 Å². The third-order valence-corrected chi connectivity index (χ3v) is 4.77. The molecule has 0 amide bonds. The van der Waals surface area contributed by atoms with Gasteiger partial charge >= 0.3 is 5.69 Å². The predicted octanol–water partition coefficient (Wildman–Crippen LogP) is 2.48. The summed E-state index contributed by atoms with van der Waals surface area (Å²) in [5, 5.41) is 0. The number of hydrogen-bond acceptors (Lipinski definition) is 4. The van der Waals surface area contributed by atoms with Gasteiger partial charge in [-0.25, -0.2) is 14.2 Å². The van der Waals surface area contributed by atoms with Crippen molar-refractivity contribution in [1.82, 2.24) is 24.0 Å². The van der Waals surface area contributed by atoms with Crippen molar-refractivity contribution in [3.8, 4) is 0 Å². The molecule has 3 rings (SSSR count). The molecule has 0 unspecified atom stereocenters. The van der Waals surface area contributed by atoms with Crippen molar-refractivity contribution in [2.75, 3.05) is 7.05 Å². The summed E-state index contributed by atoms with van der Waals surface area (Å²) < 4.78 is 16.8. The maximum atomic E-state index is 13.4. The number of imidazole rings is 1. The van der Waals surface area contributed by atoms with Gasteiger partial charge in [0.2, 0.25) is 0 Å². The van der Waals surface area contributed by atoms with Crippen LogP contribution in [0.1, 0.15) is 38.1 Å². The second-order valence-electron chi connectivity index (χ2n) is 7.01. The molecule has 0 aliphatic rings. The predicted molar refractivity (Wildman–Crippen MR) is 107 cm³/mol. The maximum absolute atomic E-state index is 13.4. The lowest BCUT2D eigenvalue weighted by Crippen LogP contribution is -2.31. The number of aromatic nitrogens is 4. The number of nitrogens with zero attached hydrogens (tertiary/aromatic N) is 4. The van der Waals surface area contributed by atoms with Gasteiger partial charge in [-0.05, 0) is 38.1 Å². The van der Waals surface area contributed by atoms with Crippen LogP contribution in [0.5, 0.6) is 0 Å². The normalized spacial score (nSPS) is 11.6. The Morgan fingerprint density at radius 1 is 1.18 bits per heavy atom. The zero-order chi connectivity index (χ0) is 20.3. The number of unbranched alkanes of at least 4 members (excludes halogenated alkanes) is 1. The quantitative estimate of drug-likeness (QED) is 0.644. The molecule has 2 heterocycles. The molecule has 0 saturated carbocycles. The van der Waals surface area contributed by atoms with Gasteiger partial charge in [0.05, 0.1) is 6.54 Å². The molecule has 8 heteroatoms. The lowest BCUT2D eigenvalue weighted by Gasteiger charge is -2.17. The lowest BCUT2D eigenvalue weighted by atomic mass is 10.2. The largest absolute Gasteiger partial charge is 0.330 e. The minimum Gasteiger partial charge on any atom is -0.321 e. The average molecular weight is 387 g/mol. The van der Waals surface area contributed by atoms with E-state index in [1.807, 2.05) is 36.4 Å². The first kappa shape index (κ1) is 20.0. The van der Waals surface area contributed by atoms with Crippen molar-refractivity contribution in [3.05, 3.63) is 62.3 Å². The first-order chi connectivity index (χ1) is 13.4. The van der Waals surface area contributed by atoms with E-state index in [9.17, 15) is 14.0 Å². The van der Waals surface area contributed by atoms with Gasteiger partial charge in [0.1, 0.15) is 11.6 Å². The maximum Gasteiger partial charge on any atom is 0.330 e. The van der Waals surface area contributed by atoms with Crippen molar-refractivity contribution in [3.63, 3.8) is 0 Å². The number of hydrogen-bond donors (Lipinski definition) is 1. The van der Waals surface area contributed by atoms with Gasteiger partial charge in [0.25, 0.3) is 5.56 Å². The minimum atomic E-state index is -0.425. The summed E-state index contributed by atoms with van der Waals surface area (Å²) >= 11 is 0. The molecule has 7 nitrogen and oxygen atoms in total. The van der Waals surface area contributed by atoms with Crippen LogP contribution in [0.2, 0.25) is 0 Å². The van der Waals surface area contributed by atoms with E-state index < -0.39 is 11.2 Å². The Balaban J connectivity index is 1.97. The van der Waals surface area contributed by atoms with Crippen LogP contribution in [0.4, 0.5) is 4.39 Å². The molecule has 0 atom stereocenters. The summed E-state index contributed by atoms with van der Waals surface area (Å²) in [4.78, 5) is 33.8. The Hall–Kier alpha value is -2.74. The fraction of sp³-hybridized carbons (Fsp3) is 0.450. The Kier molecular flexibility index (Phi) is 6.08. The number of aryl methyl sites for hydroxylation is 2. The summed E-state index contributed by atoms with van der Waals surface area (Å²) in [5.41, 5.74) is 0.873. The van der Waals surface area contributed by atoms with Crippen LogP contribution in [0, 0.1) is 5.82 Å². The first-order valence-electron chi connectivity index (χ1n) is 9.59. The summed E-state index contributed by atoms with van der Waals surface area (Å²) in [6, 6.07) is 6.48. The molecule has 1 N–H and O–H groups in total. The fourth-order valence-electron chi connectivity index (χ4n) is 3.45. The Morgan fingerprint density at radius 3 is 2.64 bits per heavy atom. The van der Waals surface area contributed by atoms with Crippen LogP contribution in [-0.4, -0.2) is 31.0 Å². The van der Waals surface area contributed by atoms with Gasteiger partial charge in [-0.1, -0.05) is 25.5 Å². The molecular formula is C20H26FN5O2. The molecule has 0 aliphatic carbocycles. The summed E-state index contributed by atoms with van der Waals surface area (Å²) in [6.07, 6.45) is 1.76. The standard InChI is InChI=1S/C20H26FN5O2/c1-4-6-10-26-18-17(19(27)23-20(26)28)25(5-2)16(22-18)13-24(3)12-14-8-7-9-15(21)11-14/h7-9,11H,4-6,10,12-13H2,1-3H3,(H,23,27,28). The van der Waals surface area contributed by atoms with Crippen LogP contribution in [0.15, 0.2) is 33.9 Å². The third kappa shape index (κ3) is 4.06. The SMILES string of the molecule is CCCCn1c(=O)[nH]c(=O)c2c1nc(CN(C)Cc1cccc(F)c1)n2CC. The summed E-state index contributed by atoms with van der Waals surface area (Å²) in [7, 11) is 1.92.